The number of alkyl halides is 3. The number of morpholine rings is 1. The van der Waals surface area contributed by atoms with E-state index in [0.717, 1.165) is 42.6 Å². The number of anilines is 3. The first-order chi connectivity index (χ1) is 20.2. The number of nitrogens with one attached hydrogen (secondary N) is 2. The summed E-state index contributed by atoms with van der Waals surface area (Å²) >= 11 is 0. The number of aryl methyl sites for hydroxylation is 1. The molecule has 11 heteroatoms. The highest BCUT2D eigenvalue weighted by Gasteiger charge is 2.35. The summed E-state index contributed by atoms with van der Waals surface area (Å²) in [6.45, 7) is 5.85. The van der Waals surface area contributed by atoms with Crippen molar-refractivity contribution in [3.8, 4) is 17.3 Å². The number of hydrogen-bond acceptors (Lipinski definition) is 7. The highest BCUT2D eigenvalue weighted by molar-refractivity contribution is 6.04. The van der Waals surface area contributed by atoms with E-state index in [1.54, 1.807) is 24.3 Å². The summed E-state index contributed by atoms with van der Waals surface area (Å²) in [6.07, 6.45) is -3.95. The molecule has 1 aliphatic heterocycles. The van der Waals surface area contributed by atoms with Crippen LogP contribution in [0.15, 0.2) is 72.9 Å². The number of amides is 1. The molecule has 1 aliphatic rings. The van der Waals surface area contributed by atoms with Crippen LogP contribution in [0.2, 0.25) is 0 Å². The zero-order valence-corrected chi connectivity index (χ0v) is 22.7. The maximum Gasteiger partial charge on any atom is 0.419 e. The van der Waals surface area contributed by atoms with Crippen molar-refractivity contribution in [2.24, 2.45) is 0 Å². The monoisotopic (exact) mass is 572 g/mol. The lowest BCUT2D eigenvalue weighted by atomic mass is 10.1. The molecule has 0 radical (unpaired) electrons. The zero-order chi connectivity index (χ0) is 29.7. The van der Waals surface area contributed by atoms with Crippen LogP contribution in [0.3, 0.4) is 0 Å². The number of nitriles is 1. The predicted octanol–water partition coefficient (Wildman–Crippen LogP) is 6.17. The second-order valence-electron chi connectivity index (χ2n) is 9.84. The molecule has 0 saturated carbocycles. The summed E-state index contributed by atoms with van der Waals surface area (Å²) in [6, 6.07) is 20.1. The minimum atomic E-state index is -4.67. The normalized spacial score (nSPS) is 13.8. The number of hydrogen-bond donors (Lipinski definition) is 2. The average molecular weight is 573 g/mol. The summed E-state index contributed by atoms with van der Waals surface area (Å²) in [5, 5.41) is 14.9. The van der Waals surface area contributed by atoms with Gasteiger partial charge in [-0.2, -0.15) is 18.4 Å². The third-order valence-electron chi connectivity index (χ3n) is 6.84. The number of nitrogens with zero attached hydrogens (tertiary/aromatic N) is 4. The molecular formula is C31H27F3N6O2. The predicted molar refractivity (Wildman–Crippen MR) is 152 cm³/mol. The van der Waals surface area contributed by atoms with Gasteiger partial charge in [0.25, 0.3) is 5.91 Å². The molecule has 2 N–H and O–H groups in total. The van der Waals surface area contributed by atoms with Gasteiger partial charge < -0.3 is 15.4 Å². The Labute approximate surface area is 240 Å². The molecule has 0 aliphatic carbocycles. The van der Waals surface area contributed by atoms with Gasteiger partial charge in [0.15, 0.2) is 0 Å². The van der Waals surface area contributed by atoms with Crippen LogP contribution in [-0.2, 0) is 17.5 Å². The molecule has 8 nitrogen and oxygen atoms in total. The Morgan fingerprint density at radius 1 is 1.05 bits per heavy atom. The van der Waals surface area contributed by atoms with E-state index in [9.17, 15) is 18.0 Å². The fourth-order valence-electron chi connectivity index (χ4n) is 4.52. The third kappa shape index (κ3) is 6.91. The van der Waals surface area contributed by atoms with Gasteiger partial charge in [-0.25, -0.2) is 9.97 Å². The van der Waals surface area contributed by atoms with E-state index < -0.39 is 11.7 Å². The van der Waals surface area contributed by atoms with Gasteiger partial charge in [-0.1, -0.05) is 24.3 Å². The molecular weight excluding hydrogens is 545 g/mol. The van der Waals surface area contributed by atoms with Gasteiger partial charge in [0.05, 0.1) is 30.5 Å². The van der Waals surface area contributed by atoms with Crippen LogP contribution in [0.5, 0.6) is 0 Å². The first kappa shape index (κ1) is 28.7. The number of ether oxygens (including phenoxy) is 1. The van der Waals surface area contributed by atoms with Crippen LogP contribution in [0.4, 0.5) is 30.5 Å². The third-order valence-corrected chi connectivity index (χ3v) is 6.84. The number of carbonyl (C=O) groups is 1. The number of aromatic nitrogens is 2. The Morgan fingerprint density at radius 2 is 1.76 bits per heavy atom. The van der Waals surface area contributed by atoms with Crippen LogP contribution in [-0.4, -0.2) is 47.1 Å². The number of rotatable bonds is 7. The SMILES string of the molecule is Cc1ccc(CN2CCOCC2)cc1NC(=O)c1ccc(Nc2ncc(C(F)(F)F)c(-c3ccc(C#N)cc3)n2)cc1. The lowest BCUT2D eigenvalue weighted by molar-refractivity contribution is -0.137. The lowest BCUT2D eigenvalue weighted by Crippen LogP contribution is -2.35. The van der Waals surface area contributed by atoms with Crippen LogP contribution >= 0.6 is 0 Å². The van der Waals surface area contributed by atoms with Crippen molar-refractivity contribution in [1.29, 1.82) is 5.26 Å². The molecule has 0 unspecified atom stereocenters. The second-order valence-corrected chi connectivity index (χ2v) is 9.84. The van der Waals surface area contributed by atoms with Crippen molar-refractivity contribution in [1.82, 2.24) is 14.9 Å². The van der Waals surface area contributed by atoms with Gasteiger partial charge in [-0.05, 0) is 60.5 Å². The molecule has 1 fully saturated rings. The van der Waals surface area contributed by atoms with E-state index in [1.807, 2.05) is 25.1 Å². The molecule has 42 heavy (non-hydrogen) atoms. The Balaban J connectivity index is 1.29. The van der Waals surface area contributed by atoms with E-state index >= 15 is 0 Å². The molecule has 1 saturated heterocycles. The maximum absolute atomic E-state index is 13.7. The second kappa shape index (κ2) is 12.4. The van der Waals surface area contributed by atoms with Gasteiger partial charge in [0.2, 0.25) is 5.95 Å². The Kier molecular flexibility index (Phi) is 8.47. The van der Waals surface area contributed by atoms with Crippen LogP contribution < -0.4 is 10.6 Å². The van der Waals surface area contributed by atoms with Crippen LogP contribution in [0, 0.1) is 18.3 Å². The highest BCUT2D eigenvalue weighted by atomic mass is 19.4. The molecule has 0 bridgehead atoms. The summed E-state index contributed by atoms with van der Waals surface area (Å²) in [5.74, 6) is -0.339. The summed E-state index contributed by atoms with van der Waals surface area (Å²) in [7, 11) is 0. The van der Waals surface area contributed by atoms with Crippen molar-refractivity contribution in [2.75, 3.05) is 36.9 Å². The van der Waals surface area contributed by atoms with Crippen molar-refractivity contribution < 1.29 is 22.7 Å². The quantitative estimate of drug-likeness (QED) is 0.273. The minimum Gasteiger partial charge on any atom is -0.379 e. The largest absolute Gasteiger partial charge is 0.419 e. The molecule has 1 aromatic heterocycles. The minimum absolute atomic E-state index is 0.0488. The smallest absolute Gasteiger partial charge is 0.379 e. The Bertz CT molecular complexity index is 1610. The molecule has 0 spiro atoms. The molecule has 5 rings (SSSR count). The van der Waals surface area contributed by atoms with Gasteiger partial charge >= 0.3 is 6.18 Å². The molecule has 0 atom stereocenters. The molecule has 4 aromatic rings. The van der Waals surface area contributed by atoms with E-state index in [-0.39, 0.29) is 23.1 Å². The summed E-state index contributed by atoms with van der Waals surface area (Å²) in [4.78, 5) is 23.3. The molecule has 2 heterocycles. The van der Waals surface area contributed by atoms with Gasteiger partial charge in [-0.3, -0.25) is 9.69 Å². The van der Waals surface area contributed by atoms with Crippen molar-refractivity contribution in [2.45, 2.75) is 19.6 Å². The van der Waals surface area contributed by atoms with E-state index in [0.29, 0.717) is 30.0 Å². The van der Waals surface area contributed by atoms with Crippen molar-refractivity contribution in [3.63, 3.8) is 0 Å². The fourth-order valence-corrected chi connectivity index (χ4v) is 4.52. The zero-order valence-electron chi connectivity index (χ0n) is 22.7. The summed E-state index contributed by atoms with van der Waals surface area (Å²) in [5.41, 5.74) is 2.86. The van der Waals surface area contributed by atoms with E-state index in [4.69, 9.17) is 10.00 Å². The first-order valence-corrected chi connectivity index (χ1v) is 13.2. The molecule has 3 aromatic carbocycles. The van der Waals surface area contributed by atoms with Crippen molar-refractivity contribution >= 4 is 23.2 Å². The maximum atomic E-state index is 13.7. The Hall–Kier alpha value is -4.79. The Morgan fingerprint density at radius 3 is 2.43 bits per heavy atom. The van der Waals surface area contributed by atoms with Gasteiger partial charge in [-0.15, -0.1) is 0 Å². The lowest BCUT2D eigenvalue weighted by Gasteiger charge is -2.26. The van der Waals surface area contributed by atoms with Crippen molar-refractivity contribution in [3.05, 3.63) is 101 Å². The molecule has 214 valence electrons. The standard InChI is InChI=1S/C31H27F3N6O2/c1-20-2-3-22(19-40-12-14-42-15-13-40)16-27(20)38-29(41)24-8-10-25(11-9-24)37-30-36-18-26(31(32,33)34)28(39-30)23-6-4-21(17-35)5-7-23/h2-11,16,18H,12-15,19H2,1H3,(H,38,41)(H,36,37,39). The number of benzene rings is 3. The highest BCUT2D eigenvalue weighted by Crippen LogP contribution is 2.36. The van der Waals surface area contributed by atoms with E-state index in [1.165, 1.54) is 24.3 Å². The van der Waals surface area contributed by atoms with Crippen LogP contribution in [0.1, 0.15) is 32.6 Å². The van der Waals surface area contributed by atoms with Crippen LogP contribution in [0.25, 0.3) is 11.3 Å². The summed E-state index contributed by atoms with van der Waals surface area (Å²) < 4.78 is 46.4. The molecule has 1 amide bonds. The van der Waals surface area contributed by atoms with Gasteiger partial charge in [0.1, 0.15) is 5.56 Å². The first-order valence-electron chi connectivity index (χ1n) is 13.2. The number of halogens is 3. The van der Waals surface area contributed by atoms with Gasteiger partial charge in [0, 0.05) is 48.3 Å². The fraction of sp³-hybridized carbons (Fsp3) is 0.226. The average Bonchev–Trinajstić information content (AvgIpc) is 2.99. The van der Waals surface area contributed by atoms with E-state index in [2.05, 4.69) is 31.6 Å². The number of carbonyl (C=O) groups excluding carboxylic acids is 1. The topological polar surface area (TPSA) is 103 Å².